The van der Waals surface area contributed by atoms with Gasteiger partial charge in [0, 0.05) is 5.56 Å². The summed E-state index contributed by atoms with van der Waals surface area (Å²) in [4.78, 5) is 16.6. The molecule has 6 heteroatoms. The average Bonchev–Trinajstić information content (AvgIpc) is 2.72. The predicted octanol–water partition coefficient (Wildman–Crippen LogP) is 5.14. The number of ether oxygens (including phenoxy) is 1. The highest BCUT2D eigenvalue weighted by Crippen LogP contribution is 2.15. The Morgan fingerprint density at radius 3 is 2.24 bits per heavy atom. The molecule has 0 heterocycles. The van der Waals surface area contributed by atoms with E-state index >= 15 is 0 Å². The number of hydrogen-bond acceptors (Lipinski definition) is 5. The number of rotatable bonds is 13. The van der Waals surface area contributed by atoms with Crippen LogP contribution in [0, 0.1) is 0 Å². The molecule has 0 aromatic heterocycles. The molecule has 29 heavy (non-hydrogen) atoms. The zero-order chi connectivity index (χ0) is 20.9. The Bertz CT molecular complexity index is 769. The van der Waals surface area contributed by atoms with Crippen molar-refractivity contribution in [2.45, 2.75) is 52.1 Å². The lowest BCUT2D eigenvalue weighted by molar-refractivity contribution is -0.129. The third kappa shape index (κ3) is 8.25. The molecule has 0 saturated heterocycles. The summed E-state index contributed by atoms with van der Waals surface area (Å²) in [6.07, 6.45) is 7.36. The van der Waals surface area contributed by atoms with Crippen LogP contribution in [0.5, 0.6) is 11.5 Å². The van der Waals surface area contributed by atoms with Crippen LogP contribution >= 0.6 is 0 Å². The summed E-state index contributed by atoms with van der Waals surface area (Å²) in [5.74, 6) is -0.339. The predicted molar refractivity (Wildman–Crippen MR) is 112 cm³/mol. The number of benzene rings is 2. The van der Waals surface area contributed by atoms with Gasteiger partial charge in [0.15, 0.2) is 5.71 Å². The first-order valence-corrected chi connectivity index (χ1v) is 10.0. The van der Waals surface area contributed by atoms with Crippen molar-refractivity contribution in [2.75, 3.05) is 6.61 Å². The van der Waals surface area contributed by atoms with Crippen LogP contribution < -0.4 is 4.74 Å². The minimum Gasteiger partial charge on any atom is -0.508 e. The highest BCUT2D eigenvalue weighted by molar-refractivity contribution is 6.42. The summed E-state index contributed by atoms with van der Waals surface area (Å²) in [5.41, 5.74) is 0.994. The summed E-state index contributed by atoms with van der Waals surface area (Å²) in [7, 11) is 0. The number of aliphatic carboxylic acids is 1. The number of nitrogens with zero attached hydrogens (tertiary/aromatic N) is 1. The van der Waals surface area contributed by atoms with Gasteiger partial charge in [0.2, 0.25) is 0 Å². The first-order valence-electron chi connectivity index (χ1n) is 10.0. The van der Waals surface area contributed by atoms with E-state index in [1.165, 1.54) is 56.4 Å². The molecule has 0 aliphatic carbocycles. The van der Waals surface area contributed by atoms with Crippen molar-refractivity contribution >= 4 is 11.7 Å². The van der Waals surface area contributed by atoms with Crippen molar-refractivity contribution in [2.24, 2.45) is 5.16 Å². The number of hydrogen-bond donors (Lipinski definition) is 2. The zero-order valence-corrected chi connectivity index (χ0v) is 16.8. The van der Waals surface area contributed by atoms with Crippen LogP contribution in [0.15, 0.2) is 53.7 Å². The number of oxime groups is 1. The molecule has 156 valence electrons. The standard InChI is InChI=1S/C23H29NO5/c1-2-3-4-5-6-7-16-28-21-14-8-18(9-15-21)17-29-24-22(23(26)27)19-10-12-20(25)13-11-19/h8-15,25H,2-7,16-17H2,1H3,(H,26,27). The molecule has 2 N–H and O–H groups in total. The van der Waals surface area contributed by atoms with Crippen LogP contribution in [-0.4, -0.2) is 28.5 Å². The Morgan fingerprint density at radius 2 is 1.59 bits per heavy atom. The second kappa shape index (κ2) is 12.4. The Morgan fingerprint density at radius 1 is 0.931 bits per heavy atom. The largest absolute Gasteiger partial charge is 0.508 e. The van der Waals surface area contributed by atoms with Crippen LogP contribution in [0.25, 0.3) is 0 Å². The number of unbranched alkanes of at least 4 members (excludes halogenated alkanes) is 5. The fourth-order valence-corrected chi connectivity index (χ4v) is 2.76. The lowest BCUT2D eigenvalue weighted by Gasteiger charge is -2.07. The van der Waals surface area contributed by atoms with Gasteiger partial charge in [0.25, 0.3) is 0 Å². The topological polar surface area (TPSA) is 88.4 Å². The lowest BCUT2D eigenvalue weighted by Crippen LogP contribution is -2.15. The Labute approximate surface area is 171 Å². The monoisotopic (exact) mass is 399 g/mol. The van der Waals surface area contributed by atoms with E-state index in [1.807, 2.05) is 24.3 Å². The summed E-state index contributed by atoms with van der Waals surface area (Å²) in [6.45, 7) is 3.07. The molecule has 0 fully saturated rings. The van der Waals surface area contributed by atoms with Gasteiger partial charge in [-0.25, -0.2) is 4.79 Å². The fraction of sp³-hybridized carbons (Fsp3) is 0.391. The van der Waals surface area contributed by atoms with Crippen LogP contribution in [0.1, 0.15) is 56.6 Å². The lowest BCUT2D eigenvalue weighted by atomic mass is 10.1. The molecule has 0 unspecified atom stereocenters. The van der Waals surface area contributed by atoms with Crippen molar-refractivity contribution in [3.63, 3.8) is 0 Å². The number of aromatic hydroxyl groups is 1. The second-order valence-electron chi connectivity index (χ2n) is 6.83. The van der Waals surface area contributed by atoms with Crippen LogP contribution in [0.4, 0.5) is 0 Å². The molecule has 6 nitrogen and oxygen atoms in total. The quantitative estimate of drug-likeness (QED) is 0.277. The Hall–Kier alpha value is -3.02. The molecular formula is C23H29NO5. The van der Waals surface area contributed by atoms with E-state index in [0.717, 1.165) is 17.7 Å². The average molecular weight is 399 g/mol. The van der Waals surface area contributed by atoms with Gasteiger partial charge in [-0.3, -0.25) is 0 Å². The third-order valence-electron chi connectivity index (χ3n) is 4.42. The molecule has 0 radical (unpaired) electrons. The normalized spacial score (nSPS) is 11.3. The number of carbonyl (C=O) groups is 1. The molecule has 2 rings (SSSR count). The first kappa shape index (κ1) is 22.3. The molecule has 0 aliphatic rings. The van der Waals surface area contributed by atoms with E-state index in [-0.39, 0.29) is 18.1 Å². The number of phenolic OH excluding ortho intramolecular Hbond substituents is 1. The van der Waals surface area contributed by atoms with Crippen LogP contribution in [0.2, 0.25) is 0 Å². The molecule has 0 atom stereocenters. The van der Waals surface area contributed by atoms with Gasteiger partial charge in [-0.05, 0) is 48.4 Å². The van der Waals surface area contributed by atoms with Crippen LogP contribution in [0.3, 0.4) is 0 Å². The molecule has 2 aromatic carbocycles. The van der Waals surface area contributed by atoms with E-state index in [1.54, 1.807) is 0 Å². The number of phenols is 1. The molecule has 0 bridgehead atoms. The SMILES string of the molecule is CCCCCCCCOc1ccc(CON=C(C(=O)O)c2ccc(O)cc2)cc1. The molecule has 0 saturated carbocycles. The highest BCUT2D eigenvalue weighted by atomic mass is 16.6. The van der Waals surface area contributed by atoms with Crippen molar-refractivity contribution in [1.29, 1.82) is 0 Å². The maximum absolute atomic E-state index is 11.4. The van der Waals surface area contributed by atoms with Gasteiger partial charge in [-0.15, -0.1) is 0 Å². The summed E-state index contributed by atoms with van der Waals surface area (Å²) >= 11 is 0. The minimum absolute atomic E-state index is 0.0539. The van der Waals surface area contributed by atoms with Crippen molar-refractivity contribution in [1.82, 2.24) is 0 Å². The Balaban J connectivity index is 1.78. The van der Waals surface area contributed by atoms with Gasteiger partial charge in [-0.1, -0.05) is 56.3 Å². The summed E-state index contributed by atoms with van der Waals surface area (Å²) in [5, 5.41) is 22.3. The molecule has 0 spiro atoms. The zero-order valence-electron chi connectivity index (χ0n) is 16.8. The van der Waals surface area contributed by atoms with Crippen molar-refractivity contribution in [3.8, 4) is 11.5 Å². The Kier molecular flexibility index (Phi) is 9.55. The molecule has 0 aliphatic heterocycles. The van der Waals surface area contributed by atoms with Crippen molar-refractivity contribution < 1.29 is 24.6 Å². The molecule has 2 aromatic rings. The van der Waals surface area contributed by atoms with Crippen molar-refractivity contribution in [3.05, 3.63) is 59.7 Å². The minimum atomic E-state index is -1.20. The van der Waals surface area contributed by atoms with E-state index in [9.17, 15) is 15.0 Å². The van der Waals surface area contributed by atoms with E-state index in [2.05, 4.69) is 12.1 Å². The van der Waals surface area contributed by atoms with Gasteiger partial charge < -0.3 is 19.8 Å². The summed E-state index contributed by atoms with van der Waals surface area (Å²) < 4.78 is 5.74. The third-order valence-corrected chi connectivity index (χ3v) is 4.42. The molecule has 0 amide bonds. The first-order chi connectivity index (χ1) is 14.1. The van der Waals surface area contributed by atoms with E-state index in [0.29, 0.717) is 12.2 Å². The van der Waals surface area contributed by atoms with Crippen LogP contribution in [-0.2, 0) is 16.2 Å². The fourth-order valence-electron chi connectivity index (χ4n) is 2.76. The molecular weight excluding hydrogens is 370 g/mol. The van der Waals surface area contributed by atoms with Gasteiger partial charge in [0.1, 0.15) is 18.1 Å². The van der Waals surface area contributed by atoms with E-state index < -0.39 is 5.97 Å². The summed E-state index contributed by atoms with van der Waals surface area (Å²) in [6, 6.07) is 13.2. The smallest absolute Gasteiger partial charge is 0.358 e. The number of carboxylic acid groups (broad SMARTS) is 1. The van der Waals surface area contributed by atoms with Gasteiger partial charge >= 0.3 is 5.97 Å². The number of carboxylic acids is 1. The second-order valence-corrected chi connectivity index (χ2v) is 6.83. The van der Waals surface area contributed by atoms with Gasteiger partial charge in [0.05, 0.1) is 6.61 Å². The van der Waals surface area contributed by atoms with Gasteiger partial charge in [-0.2, -0.15) is 0 Å². The highest BCUT2D eigenvalue weighted by Gasteiger charge is 2.13. The maximum Gasteiger partial charge on any atom is 0.358 e. The van der Waals surface area contributed by atoms with E-state index in [4.69, 9.17) is 9.57 Å². The maximum atomic E-state index is 11.4.